The number of carbonyl (C=O) groups is 2. The summed E-state index contributed by atoms with van der Waals surface area (Å²) in [7, 11) is 3.88. The number of ketones is 1. The van der Waals surface area contributed by atoms with E-state index in [-0.39, 0.29) is 18.2 Å². The van der Waals surface area contributed by atoms with Crippen LogP contribution < -0.4 is 0 Å². The summed E-state index contributed by atoms with van der Waals surface area (Å²) in [6.07, 6.45) is 4.09. The van der Waals surface area contributed by atoms with Crippen molar-refractivity contribution in [3.63, 3.8) is 0 Å². The second-order valence-corrected chi connectivity index (χ2v) is 9.30. The summed E-state index contributed by atoms with van der Waals surface area (Å²) in [6, 6.07) is 11.3. The van der Waals surface area contributed by atoms with Gasteiger partial charge in [-0.2, -0.15) is 0 Å². The lowest BCUT2D eigenvalue weighted by Crippen LogP contribution is -2.42. The first-order valence-corrected chi connectivity index (χ1v) is 11.3. The summed E-state index contributed by atoms with van der Waals surface area (Å²) in [5.74, 6) is -0.0248. The maximum absolute atomic E-state index is 13.3. The SMILES string of the molecule is Cc1ccc(/C=C2\CN(C(=O)CCN(C)C)C/C(=C\c3ccc(Cl)c(Cl)c3)C2=O)cc1C. The topological polar surface area (TPSA) is 40.6 Å². The second-order valence-electron chi connectivity index (χ2n) is 8.49. The molecule has 168 valence electrons. The highest BCUT2D eigenvalue weighted by Crippen LogP contribution is 2.27. The van der Waals surface area contributed by atoms with Crippen LogP contribution in [0.1, 0.15) is 28.7 Å². The summed E-state index contributed by atoms with van der Waals surface area (Å²) >= 11 is 12.2. The van der Waals surface area contributed by atoms with Crippen LogP contribution in [-0.4, -0.2) is 55.2 Å². The minimum Gasteiger partial charge on any atom is -0.334 e. The molecule has 3 rings (SSSR count). The maximum atomic E-state index is 13.3. The van der Waals surface area contributed by atoms with E-state index in [0.29, 0.717) is 40.7 Å². The predicted molar refractivity (Wildman–Crippen MR) is 133 cm³/mol. The van der Waals surface area contributed by atoms with Crippen LogP contribution >= 0.6 is 23.2 Å². The lowest BCUT2D eigenvalue weighted by molar-refractivity contribution is -0.131. The van der Waals surface area contributed by atoms with E-state index in [2.05, 4.69) is 13.0 Å². The summed E-state index contributed by atoms with van der Waals surface area (Å²) in [6.45, 7) is 5.34. The molecule has 4 nitrogen and oxygen atoms in total. The fourth-order valence-corrected chi connectivity index (χ4v) is 3.86. The molecule has 0 aromatic heterocycles. The van der Waals surface area contributed by atoms with E-state index in [9.17, 15) is 9.59 Å². The van der Waals surface area contributed by atoms with Gasteiger partial charge < -0.3 is 9.80 Å². The van der Waals surface area contributed by atoms with Crippen molar-refractivity contribution >= 4 is 47.0 Å². The first kappa shape index (κ1) is 24.2. The smallest absolute Gasteiger partial charge is 0.224 e. The van der Waals surface area contributed by atoms with Crippen molar-refractivity contribution < 1.29 is 9.59 Å². The fourth-order valence-electron chi connectivity index (χ4n) is 3.55. The van der Waals surface area contributed by atoms with E-state index in [0.717, 1.165) is 16.7 Å². The van der Waals surface area contributed by atoms with Gasteiger partial charge in [-0.3, -0.25) is 9.59 Å². The Morgan fingerprint density at radius 3 is 2.09 bits per heavy atom. The molecule has 0 atom stereocenters. The Labute approximate surface area is 200 Å². The van der Waals surface area contributed by atoms with Crippen LogP contribution in [0.3, 0.4) is 0 Å². The van der Waals surface area contributed by atoms with Gasteiger partial charge in [0, 0.05) is 37.2 Å². The molecule has 6 heteroatoms. The molecule has 0 N–H and O–H groups in total. The molecule has 0 bridgehead atoms. The molecule has 0 spiro atoms. The van der Waals surface area contributed by atoms with Gasteiger partial charge in [-0.25, -0.2) is 0 Å². The first-order chi connectivity index (χ1) is 15.1. The number of nitrogens with zero attached hydrogens (tertiary/aromatic N) is 2. The molecule has 0 aliphatic carbocycles. The van der Waals surface area contributed by atoms with Gasteiger partial charge in [-0.1, -0.05) is 47.5 Å². The maximum Gasteiger partial charge on any atom is 0.224 e. The molecular weight excluding hydrogens is 443 g/mol. The lowest BCUT2D eigenvalue weighted by Gasteiger charge is -2.30. The Morgan fingerprint density at radius 1 is 0.938 bits per heavy atom. The van der Waals surface area contributed by atoms with E-state index in [4.69, 9.17) is 23.2 Å². The normalized spacial score (nSPS) is 17.0. The van der Waals surface area contributed by atoms with Crippen LogP contribution in [0.25, 0.3) is 12.2 Å². The highest BCUT2D eigenvalue weighted by atomic mass is 35.5. The van der Waals surface area contributed by atoms with Gasteiger partial charge in [0.1, 0.15) is 0 Å². The van der Waals surface area contributed by atoms with E-state index in [1.165, 1.54) is 5.56 Å². The van der Waals surface area contributed by atoms with Crippen molar-refractivity contribution in [1.29, 1.82) is 0 Å². The van der Waals surface area contributed by atoms with Crippen LogP contribution in [0.15, 0.2) is 47.5 Å². The number of piperidine rings is 1. The molecule has 1 fully saturated rings. The van der Waals surface area contributed by atoms with Crippen molar-refractivity contribution in [3.05, 3.63) is 79.8 Å². The van der Waals surface area contributed by atoms with Gasteiger partial charge in [0.2, 0.25) is 5.91 Å². The minimum absolute atomic E-state index is 0.0252. The molecule has 0 radical (unpaired) electrons. The monoisotopic (exact) mass is 470 g/mol. The molecule has 1 amide bonds. The molecule has 1 aliphatic rings. The van der Waals surface area contributed by atoms with Crippen molar-refractivity contribution in [2.75, 3.05) is 33.7 Å². The zero-order chi connectivity index (χ0) is 23.4. The third kappa shape index (κ3) is 6.10. The summed E-state index contributed by atoms with van der Waals surface area (Å²) in [5.41, 5.74) is 5.24. The van der Waals surface area contributed by atoms with Crippen molar-refractivity contribution in [2.45, 2.75) is 20.3 Å². The summed E-state index contributed by atoms with van der Waals surface area (Å²) < 4.78 is 0. The Morgan fingerprint density at radius 2 is 1.53 bits per heavy atom. The van der Waals surface area contributed by atoms with Gasteiger partial charge in [0.25, 0.3) is 0 Å². The van der Waals surface area contributed by atoms with Gasteiger partial charge in [0.15, 0.2) is 5.78 Å². The molecular formula is C26H28Cl2N2O2. The summed E-state index contributed by atoms with van der Waals surface area (Å²) in [4.78, 5) is 30.0. The Bertz CT molecular complexity index is 1030. The van der Waals surface area contributed by atoms with E-state index in [1.54, 1.807) is 23.1 Å². The highest BCUT2D eigenvalue weighted by Gasteiger charge is 2.29. The summed E-state index contributed by atoms with van der Waals surface area (Å²) in [5, 5.41) is 0.883. The number of halogens is 2. The number of carbonyl (C=O) groups excluding carboxylic acids is 2. The van der Waals surface area contributed by atoms with Crippen LogP contribution in [0, 0.1) is 13.8 Å². The van der Waals surface area contributed by atoms with Crippen molar-refractivity contribution in [2.24, 2.45) is 0 Å². The van der Waals surface area contributed by atoms with E-state index in [1.807, 2.05) is 50.2 Å². The van der Waals surface area contributed by atoms with Gasteiger partial charge in [0.05, 0.1) is 10.0 Å². The number of likely N-dealkylation sites (tertiary alicyclic amines) is 1. The lowest BCUT2D eigenvalue weighted by atomic mass is 9.93. The Hall–Kier alpha value is -2.40. The molecule has 2 aromatic rings. The number of hydrogen-bond donors (Lipinski definition) is 0. The third-order valence-corrected chi connectivity index (χ3v) is 6.33. The largest absolute Gasteiger partial charge is 0.334 e. The quantitative estimate of drug-likeness (QED) is 0.546. The highest BCUT2D eigenvalue weighted by molar-refractivity contribution is 6.42. The van der Waals surface area contributed by atoms with Crippen molar-refractivity contribution in [1.82, 2.24) is 9.80 Å². The van der Waals surface area contributed by atoms with Gasteiger partial charge in [-0.05, 0) is 74.5 Å². The third-order valence-electron chi connectivity index (χ3n) is 5.59. The average Bonchev–Trinajstić information content (AvgIpc) is 2.74. The van der Waals surface area contributed by atoms with Crippen LogP contribution in [0.4, 0.5) is 0 Å². The number of hydrogen-bond acceptors (Lipinski definition) is 3. The van der Waals surface area contributed by atoms with Gasteiger partial charge >= 0.3 is 0 Å². The molecule has 1 saturated heterocycles. The zero-order valence-corrected chi connectivity index (χ0v) is 20.4. The second kappa shape index (κ2) is 10.5. The zero-order valence-electron chi connectivity index (χ0n) is 18.9. The Balaban J connectivity index is 1.98. The van der Waals surface area contributed by atoms with Gasteiger partial charge in [-0.15, -0.1) is 0 Å². The van der Waals surface area contributed by atoms with Crippen molar-refractivity contribution in [3.8, 4) is 0 Å². The molecule has 1 aliphatic heterocycles. The Kier molecular flexibility index (Phi) is 7.94. The molecule has 0 unspecified atom stereocenters. The predicted octanol–water partition coefficient (Wildman–Crippen LogP) is 5.44. The number of amides is 1. The van der Waals surface area contributed by atoms with Crippen LogP contribution in [-0.2, 0) is 9.59 Å². The molecule has 2 aromatic carbocycles. The number of aryl methyl sites for hydroxylation is 2. The average molecular weight is 471 g/mol. The van der Waals surface area contributed by atoms with E-state index < -0.39 is 0 Å². The fraction of sp³-hybridized carbons (Fsp3) is 0.308. The van der Waals surface area contributed by atoms with Crippen LogP contribution in [0.5, 0.6) is 0 Å². The number of Topliss-reactive ketones (excluding diaryl/α,β-unsaturated/α-hetero) is 1. The number of rotatable bonds is 5. The molecule has 0 saturated carbocycles. The minimum atomic E-state index is -0.0500. The molecule has 32 heavy (non-hydrogen) atoms. The first-order valence-electron chi connectivity index (χ1n) is 10.5. The van der Waals surface area contributed by atoms with E-state index >= 15 is 0 Å². The standard InChI is InChI=1S/C26H28Cl2N2O2/c1-17-5-6-19(11-18(17)2)12-21-15-30(25(31)9-10-29(3)4)16-22(26(21)32)13-20-7-8-23(27)24(28)14-20/h5-8,11-14H,9-10,15-16H2,1-4H3/b21-12+,22-13+. The number of benzene rings is 2. The molecule has 1 heterocycles. The van der Waals surface area contributed by atoms with Crippen LogP contribution in [0.2, 0.25) is 10.0 Å².